The molecule has 2 amide bonds. The molecule has 1 aromatic carbocycles. The standard InChI is InChI=1S/C20H26N4O4/c25-18(23-11-3-6-17(23)20(27)28)14-9-7-13(8-10-14)12-24-19(26)15-4-1-2-5-16(15)21-22-24/h1-2,4-5,13-14,17,21-22H,3,6-12H2,(H,27,28)/t13?,14?,17-/m0/s1. The van der Waals surface area contributed by atoms with Crippen molar-refractivity contribution in [1.82, 2.24) is 15.4 Å². The van der Waals surface area contributed by atoms with Crippen molar-refractivity contribution in [3.63, 3.8) is 0 Å². The van der Waals surface area contributed by atoms with Gasteiger partial charge in [-0.3, -0.25) is 14.6 Å². The quantitative estimate of drug-likeness (QED) is 0.730. The van der Waals surface area contributed by atoms with Crippen LogP contribution in [0.5, 0.6) is 0 Å². The van der Waals surface area contributed by atoms with Gasteiger partial charge in [-0.15, -0.1) is 5.53 Å². The summed E-state index contributed by atoms with van der Waals surface area (Å²) in [6.45, 7) is 1.13. The number of anilines is 1. The Morgan fingerprint density at radius 1 is 1.11 bits per heavy atom. The topological polar surface area (TPSA) is 102 Å². The van der Waals surface area contributed by atoms with Crippen molar-refractivity contribution in [2.45, 2.75) is 44.6 Å². The van der Waals surface area contributed by atoms with Crippen molar-refractivity contribution in [2.75, 3.05) is 18.5 Å². The van der Waals surface area contributed by atoms with Gasteiger partial charge in [-0.1, -0.05) is 12.1 Å². The zero-order valence-electron chi connectivity index (χ0n) is 15.8. The lowest BCUT2D eigenvalue weighted by molar-refractivity contribution is -0.150. The molecule has 0 bridgehead atoms. The van der Waals surface area contributed by atoms with E-state index in [-0.39, 0.29) is 17.7 Å². The number of para-hydroxylation sites is 1. The van der Waals surface area contributed by atoms with Crippen LogP contribution in [0.4, 0.5) is 5.69 Å². The number of carboxylic acids is 1. The lowest BCUT2D eigenvalue weighted by Crippen LogP contribution is -2.52. The minimum Gasteiger partial charge on any atom is -0.480 e. The second-order valence-electron chi connectivity index (χ2n) is 7.94. The number of likely N-dealkylation sites (tertiary alicyclic amines) is 1. The van der Waals surface area contributed by atoms with E-state index in [2.05, 4.69) is 11.0 Å². The largest absolute Gasteiger partial charge is 0.480 e. The number of carbonyl (C=O) groups is 3. The van der Waals surface area contributed by atoms with Crippen LogP contribution in [0.2, 0.25) is 0 Å². The fourth-order valence-electron chi connectivity index (χ4n) is 4.60. The molecular weight excluding hydrogens is 360 g/mol. The molecule has 8 nitrogen and oxygen atoms in total. The first-order chi connectivity index (χ1) is 13.5. The maximum atomic E-state index is 12.8. The Bertz CT molecular complexity index is 775. The third kappa shape index (κ3) is 3.56. The molecule has 2 fully saturated rings. The molecule has 28 heavy (non-hydrogen) atoms. The summed E-state index contributed by atoms with van der Waals surface area (Å²) in [6, 6.07) is 6.73. The number of hydrogen-bond acceptors (Lipinski definition) is 5. The number of carboxylic acid groups (broad SMARTS) is 1. The molecule has 2 heterocycles. The van der Waals surface area contributed by atoms with Gasteiger partial charge in [-0.05, 0) is 56.6 Å². The van der Waals surface area contributed by atoms with Crippen molar-refractivity contribution >= 4 is 23.5 Å². The van der Waals surface area contributed by atoms with E-state index in [0.29, 0.717) is 31.0 Å². The third-order valence-electron chi connectivity index (χ3n) is 6.19. The van der Waals surface area contributed by atoms with E-state index in [4.69, 9.17) is 0 Å². The average molecular weight is 386 g/mol. The van der Waals surface area contributed by atoms with E-state index in [1.165, 1.54) is 0 Å². The first-order valence-electron chi connectivity index (χ1n) is 10.0. The minimum atomic E-state index is -0.901. The second kappa shape index (κ2) is 7.79. The summed E-state index contributed by atoms with van der Waals surface area (Å²) >= 11 is 0. The number of aliphatic carboxylic acids is 1. The summed E-state index contributed by atoms with van der Waals surface area (Å²) in [5.41, 5.74) is 7.44. The van der Waals surface area contributed by atoms with Crippen molar-refractivity contribution in [3.8, 4) is 0 Å². The minimum absolute atomic E-state index is 0.00822. The van der Waals surface area contributed by atoms with E-state index in [0.717, 1.165) is 37.8 Å². The SMILES string of the molecule is O=C(O)[C@@H]1CCCN1C(=O)C1CCC(CN2NNc3ccccc3C2=O)CC1. The highest BCUT2D eigenvalue weighted by atomic mass is 16.4. The zero-order valence-corrected chi connectivity index (χ0v) is 15.8. The van der Waals surface area contributed by atoms with Gasteiger partial charge in [-0.2, -0.15) is 0 Å². The Morgan fingerprint density at radius 2 is 1.86 bits per heavy atom. The Kier molecular flexibility index (Phi) is 5.21. The first kappa shape index (κ1) is 18.7. The molecule has 1 aliphatic carbocycles. The second-order valence-corrected chi connectivity index (χ2v) is 7.94. The van der Waals surface area contributed by atoms with Gasteiger partial charge >= 0.3 is 5.97 Å². The van der Waals surface area contributed by atoms with Gasteiger partial charge in [0, 0.05) is 19.0 Å². The Labute approximate surface area is 163 Å². The van der Waals surface area contributed by atoms with E-state index < -0.39 is 12.0 Å². The van der Waals surface area contributed by atoms with Crippen molar-refractivity contribution in [3.05, 3.63) is 29.8 Å². The normalized spacial score (nSPS) is 27.3. The van der Waals surface area contributed by atoms with Crippen LogP contribution in [0.15, 0.2) is 24.3 Å². The molecular formula is C20H26N4O4. The highest BCUT2D eigenvalue weighted by molar-refractivity contribution is 6.00. The molecule has 0 spiro atoms. The van der Waals surface area contributed by atoms with E-state index in [1.54, 1.807) is 9.91 Å². The molecule has 4 rings (SSSR count). The molecule has 1 saturated carbocycles. The number of hydrogen-bond donors (Lipinski definition) is 3. The predicted octanol–water partition coefficient (Wildman–Crippen LogP) is 1.86. The van der Waals surface area contributed by atoms with E-state index >= 15 is 0 Å². The molecule has 150 valence electrons. The van der Waals surface area contributed by atoms with Crippen LogP contribution in [0.1, 0.15) is 48.9 Å². The van der Waals surface area contributed by atoms with Gasteiger partial charge in [0.25, 0.3) is 5.91 Å². The van der Waals surface area contributed by atoms with Gasteiger partial charge < -0.3 is 15.4 Å². The van der Waals surface area contributed by atoms with Crippen molar-refractivity contribution in [1.29, 1.82) is 0 Å². The third-order valence-corrected chi connectivity index (χ3v) is 6.19. The number of amides is 2. The Balaban J connectivity index is 1.31. The summed E-state index contributed by atoms with van der Waals surface area (Å²) in [4.78, 5) is 38.3. The Hall–Kier alpha value is -2.61. The molecule has 1 atom stereocenters. The van der Waals surface area contributed by atoms with Gasteiger partial charge in [0.1, 0.15) is 6.04 Å². The fraction of sp³-hybridized carbons (Fsp3) is 0.550. The summed E-state index contributed by atoms with van der Waals surface area (Å²) < 4.78 is 0. The van der Waals surface area contributed by atoms with E-state index in [1.807, 2.05) is 24.3 Å². The van der Waals surface area contributed by atoms with Crippen LogP contribution in [-0.4, -0.2) is 51.9 Å². The van der Waals surface area contributed by atoms with Crippen LogP contribution in [0, 0.1) is 11.8 Å². The lowest BCUT2D eigenvalue weighted by Gasteiger charge is -2.36. The molecule has 3 N–H and O–H groups in total. The van der Waals surface area contributed by atoms with Gasteiger partial charge in [0.05, 0.1) is 11.3 Å². The summed E-state index contributed by atoms with van der Waals surface area (Å²) in [5.74, 6) is -0.733. The van der Waals surface area contributed by atoms with Crippen molar-refractivity contribution < 1.29 is 19.5 Å². The smallest absolute Gasteiger partial charge is 0.326 e. The maximum absolute atomic E-state index is 12.8. The highest BCUT2D eigenvalue weighted by Gasteiger charge is 2.38. The van der Waals surface area contributed by atoms with Gasteiger partial charge in [0.15, 0.2) is 0 Å². The summed E-state index contributed by atoms with van der Waals surface area (Å²) in [7, 11) is 0. The van der Waals surface area contributed by atoms with Crippen LogP contribution < -0.4 is 11.0 Å². The average Bonchev–Trinajstić information content (AvgIpc) is 3.21. The maximum Gasteiger partial charge on any atom is 0.326 e. The van der Waals surface area contributed by atoms with Crippen molar-refractivity contribution in [2.24, 2.45) is 11.8 Å². The Morgan fingerprint density at radius 3 is 2.61 bits per heavy atom. The molecule has 1 aromatic rings. The van der Waals surface area contributed by atoms with Crippen LogP contribution in [-0.2, 0) is 9.59 Å². The van der Waals surface area contributed by atoms with Gasteiger partial charge in [0.2, 0.25) is 5.91 Å². The van der Waals surface area contributed by atoms with Crippen LogP contribution in [0.3, 0.4) is 0 Å². The van der Waals surface area contributed by atoms with Crippen LogP contribution >= 0.6 is 0 Å². The molecule has 2 aliphatic heterocycles. The van der Waals surface area contributed by atoms with E-state index in [9.17, 15) is 19.5 Å². The molecule has 8 heteroatoms. The lowest BCUT2D eigenvalue weighted by atomic mass is 9.81. The monoisotopic (exact) mass is 386 g/mol. The predicted molar refractivity (Wildman–Crippen MR) is 102 cm³/mol. The fourth-order valence-corrected chi connectivity index (χ4v) is 4.60. The summed E-state index contributed by atoms with van der Waals surface area (Å²) in [6.07, 6.45) is 4.52. The van der Waals surface area contributed by atoms with Gasteiger partial charge in [-0.25, -0.2) is 4.79 Å². The molecule has 0 radical (unpaired) electrons. The number of nitrogens with zero attached hydrogens (tertiary/aromatic N) is 2. The number of carbonyl (C=O) groups excluding carboxylic acids is 2. The molecule has 0 aromatic heterocycles. The number of rotatable bonds is 4. The van der Waals surface area contributed by atoms with Crippen LogP contribution in [0.25, 0.3) is 0 Å². The number of fused-ring (bicyclic) bond motifs is 1. The number of nitrogens with one attached hydrogen (secondary N) is 2. The first-order valence-corrected chi connectivity index (χ1v) is 10.0. The highest BCUT2D eigenvalue weighted by Crippen LogP contribution is 2.33. The molecule has 1 saturated heterocycles. The summed E-state index contributed by atoms with van der Waals surface area (Å²) in [5, 5.41) is 10.9. The number of hydrazine groups is 2. The number of benzene rings is 1. The molecule has 3 aliphatic rings. The zero-order chi connectivity index (χ0) is 19.7. The molecule has 0 unspecified atom stereocenters.